The van der Waals surface area contributed by atoms with E-state index in [2.05, 4.69) is 137 Å². The zero-order valence-corrected chi connectivity index (χ0v) is 64.6. The minimum absolute atomic E-state index is 0.0741. The smallest absolute Gasteiger partial charge is 0.462 e. The van der Waals surface area contributed by atoms with Crippen molar-refractivity contribution in [2.24, 2.45) is 0 Å². The molecule has 576 valence electrons. The number of phosphoric acid groups is 2. The number of phosphoric ester groups is 2. The molecule has 0 aliphatic rings. The van der Waals surface area contributed by atoms with E-state index in [0.29, 0.717) is 25.7 Å². The molecule has 0 heterocycles. The van der Waals surface area contributed by atoms with Gasteiger partial charge >= 0.3 is 39.5 Å². The van der Waals surface area contributed by atoms with Crippen LogP contribution in [0.3, 0.4) is 0 Å². The molecule has 0 amide bonds. The van der Waals surface area contributed by atoms with Crippen LogP contribution < -0.4 is 0 Å². The molecule has 0 radical (unpaired) electrons. The number of unbranched alkanes of at least 4 members (excludes halogenated alkanes) is 29. The van der Waals surface area contributed by atoms with Gasteiger partial charge in [-0.2, -0.15) is 0 Å². The zero-order valence-electron chi connectivity index (χ0n) is 62.8. The molecular weight excluding hydrogens is 1310 g/mol. The molecule has 0 aromatic carbocycles. The molecular formula is C81H140O17P2. The molecule has 17 nitrogen and oxygen atoms in total. The molecule has 0 aliphatic carbocycles. The molecule has 5 atom stereocenters. The molecule has 0 spiro atoms. The van der Waals surface area contributed by atoms with Crippen molar-refractivity contribution < 1.29 is 80.2 Å². The van der Waals surface area contributed by atoms with E-state index in [1.54, 1.807) is 0 Å². The fourth-order valence-corrected chi connectivity index (χ4v) is 11.9. The lowest BCUT2D eigenvalue weighted by Crippen LogP contribution is -2.30. The van der Waals surface area contributed by atoms with Gasteiger partial charge in [-0.15, -0.1) is 0 Å². The Bertz CT molecular complexity index is 2320. The molecule has 5 unspecified atom stereocenters. The molecule has 0 saturated carbocycles. The van der Waals surface area contributed by atoms with Gasteiger partial charge in [-0.25, -0.2) is 9.13 Å². The van der Waals surface area contributed by atoms with Crippen molar-refractivity contribution in [1.82, 2.24) is 0 Å². The van der Waals surface area contributed by atoms with E-state index in [-0.39, 0.29) is 25.7 Å². The van der Waals surface area contributed by atoms with Crippen LogP contribution in [0.2, 0.25) is 0 Å². The minimum Gasteiger partial charge on any atom is -0.462 e. The summed E-state index contributed by atoms with van der Waals surface area (Å²) in [5, 5.41) is 10.6. The summed E-state index contributed by atoms with van der Waals surface area (Å²) in [6, 6.07) is 0. The largest absolute Gasteiger partial charge is 0.472 e. The molecule has 0 rings (SSSR count). The van der Waals surface area contributed by atoms with Gasteiger partial charge < -0.3 is 33.8 Å². The van der Waals surface area contributed by atoms with Crippen molar-refractivity contribution >= 4 is 39.5 Å². The number of hydrogen-bond acceptors (Lipinski definition) is 15. The maximum atomic E-state index is 13.1. The summed E-state index contributed by atoms with van der Waals surface area (Å²) in [4.78, 5) is 72.9. The number of allylic oxidation sites excluding steroid dienone is 18. The highest BCUT2D eigenvalue weighted by Gasteiger charge is 2.30. The summed E-state index contributed by atoms with van der Waals surface area (Å²) < 4.78 is 68.5. The second-order valence-electron chi connectivity index (χ2n) is 25.9. The number of rotatable bonds is 73. The Hall–Kier alpha value is -4.28. The van der Waals surface area contributed by atoms with Gasteiger partial charge in [0.05, 0.1) is 26.4 Å². The van der Waals surface area contributed by atoms with Gasteiger partial charge in [-0.1, -0.05) is 259 Å². The van der Waals surface area contributed by atoms with Gasteiger partial charge in [0.1, 0.15) is 19.3 Å². The number of aliphatic hydroxyl groups excluding tert-OH is 1. The Morgan fingerprint density at radius 3 is 0.830 bits per heavy atom. The van der Waals surface area contributed by atoms with E-state index in [0.717, 1.165) is 199 Å². The minimum atomic E-state index is -4.98. The lowest BCUT2D eigenvalue weighted by Gasteiger charge is -2.21. The summed E-state index contributed by atoms with van der Waals surface area (Å²) in [7, 11) is -9.96. The van der Waals surface area contributed by atoms with E-state index >= 15 is 0 Å². The van der Waals surface area contributed by atoms with E-state index < -0.39 is 97.5 Å². The van der Waals surface area contributed by atoms with Gasteiger partial charge in [0.15, 0.2) is 12.2 Å². The van der Waals surface area contributed by atoms with Crippen LogP contribution in [-0.2, 0) is 65.4 Å². The first-order valence-corrected chi connectivity index (χ1v) is 42.1. The van der Waals surface area contributed by atoms with Gasteiger partial charge in [0, 0.05) is 25.7 Å². The number of ether oxygens (including phenoxy) is 4. The van der Waals surface area contributed by atoms with Crippen LogP contribution in [0.4, 0.5) is 0 Å². The predicted molar refractivity (Wildman–Crippen MR) is 408 cm³/mol. The zero-order chi connectivity index (χ0) is 73.2. The van der Waals surface area contributed by atoms with E-state index in [1.165, 1.54) is 44.9 Å². The van der Waals surface area contributed by atoms with Crippen LogP contribution in [0, 0.1) is 0 Å². The molecule has 0 fully saturated rings. The summed E-state index contributed by atoms with van der Waals surface area (Å²) >= 11 is 0. The second-order valence-corrected chi connectivity index (χ2v) is 28.8. The number of esters is 4. The molecule has 100 heavy (non-hydrogen) atoms. The molecule has 0 aliphatic heterocycles. The Kier molecular flexibility index (Phi) is 69.9. The molecule has 0 bridgehead atoms. The Morgan fingerprint density at radius 2 is 0.520 bits per heavy atom. The Morgan fingerprint density at radius 1 is 0.290 bits per heavy atom. The van der Waals surface area contributed by atoms with Crippen molar-refractivity contribution in [3.63, 3.8) is 0 Å². The molecule has 19 heteroatoms. The molecule has 3 N–H and O–H groups in total. The topological polar surface area (TPSA) is 237 Å². The fraction of sp³-hybridized carbons (Fsp3) is 0.728. The van der Waals surface area contributed by atoms with Crippen molar-refractivity contribution in [1.29, 1.82) is 0 Å². The normalized spacial score (nSPS) is 14.5. The van der Waals surface area contributed by atoms with E-state index in [4.69, 9.17) is 37.0 Å². The third-order valence-corrected chi connectivity index (χ3v) is 18.1. The fourth-order valence-electron chi connectivity index (χ4n) is 10.3. The first kappa shape index (κ1) is 95.7. The maximum absolute atomic E-state index is 13.1. The van der Waals surface area contributed by atoms with Gasteiger partial charge in [-0.3, -0.25) is 37.3 Å². The molecule has 0 aromatic rings. The SMILES string of the molecule is CC/C=C\C/C=C\C/C=C\CCCCCCCCCC(=O)OCC(COP(=O)(O)OCC(O)COP(=O)(O)OCC(COC(=O)CCCCCCC/C=C\C/C=C\C/C=C\CC)OC(=O)CCCCCCC/C=C\C/C=C\CCCCC)OC(=O)CCCCCCC/C=C\CCCCCC. The standard InChI is InChI=1S/C81H140O17P2/c1-5-9-13-17-21-25-29-33-36-37-40-43-46-50-54-58-62-66-79(84)92-71-76(97-80(85)67-63-59-55-51-47-41-32-28-24-20-16-12-8-4)73-95-99(87,88)93-69-75(82)70-94-100(89,90)96-74-77(98-81(86)68-64-60-56-52-48-44-39-35-31-27-23-19-15-11-7-3)72-91-78(83)65-61-57-53-49-45-42-38-34-30-26-22-18-14-10-6-2/h9-10,13-14,21-23,25-28,32-36,38-39,75-77,82H,5-8,11-12,15-20,24,29-31,37,40-74H2,1-4H3,(H,87,88)(H,89,90)/b13-9-,14-10-,25-21-,26-22-,27-23-,32-28-,36-33-,38-34-,39-35-. The van der Waals surface area contributed by atoms with Crippen LogP contribution in [0.1, 0.15) is 323 Å². The van der Waals surface area contributed by atoms with Crippen LogP contribution in [0.5, 0.6) is 0 Å². The average molecular weight is 1450 g/mol. The van der Waals surface area contributed by atoms with Crippen LogP contribution in [0.25, 0.3) is 0 Å². The monoisotopic (exact) mass is 1450 g/mol. The highest BCUT2D eigenvalue weighted by molar-refractivity contribution is 7.47. The average Bonchev–Trinajstić information content (AvgIpc) is 0.965. The molecule has 0 aromatic heterocycles. The van der Waals surface area contributed by atoms with Crippen molar-refractivity contribution in [2.75, 3.05) is 39.6 Å². The van der Waals surface area contributed by atoms with Crippen molar-refractivity contribution in [2.45, 2.75) is 341 Å². The maximum Gasteiger partial charge on any atom is 0.472 e. The van der Waals surface area contributed by atoms with Gasteiger partial charge in [0.25, 0.3) is 0 Å². The van der Waals surface area contributed by atoms with Crippen LogP contribution in [0.15, 0.2) is 109 Å². The van der Waals surface area contributed by atoms with Crippen LogP contribution >= 0.6 is 15.6 Å². The van der Waals surface area contributed by atoms with Crippen molar-refractivity contribution in [3.05, 3.63) is 109 Å². The summed E-state index contributed by atoms with van der Waals surface area (Å²) in [6.45, 7) is 4.58. The quantitative estimate of drug-likeness (QED) is 0.0169. The second kappa shape index (κ2) is 73.0. The number of carbonyl (C=O) groups is 4. The first-order valence-electron chi connectivity index (χ1n) is 39.1. The number of aliphatic hydroxyl groups is 1. The van der Waals surface area contributed by atoms with E-state index in [9.17, 15) is 43.2 Å². The Labute approximate surface area is 607 Å². The highest BCUT2D eigenvalue weighted by Crippen LogP contribution is 2.45. The summed E-state index contributed by atoms with van der Waals surface area (Å²) in [5.41, 5.74) is 0. The van der Waals surface area contributed by atoms with Gasteiger partial charge in [0.2, 0.25) is 0 Å². The number of carbonyl (C=O) groups excluding carboxylic acids is 4. The van der Waals surface area contributed by atoms with Crippen LogP contribution in [-0.4, -0.2) is 96.7 Å². The first-order chi connectivity index (χ1) is 48.7. The Balaban J connectivity index is 5.37. The predicted octanol–water partition coefficient (Wildman–Crippen LogP) is 22.6. The summed E-state index contributed by atoms with van der Waals surface area (Å²) in [5.74, 6) is -2.22. The number of hydrogen-bond donors (Lipinski definition) is 3. The summed E-state index contributed by atoms with van der Waals surface area (Å²) in [6.07, 6.45) is 77.8. The molecule has 0 saturated heterocycles. The van der Waals surface area contributed by atoms with Gasteiger partial charge in [-0.05, 0) is 148 Å². The third-order valence-electron chi connectivity index (χ3n) is 16.2. The van der Waals surface area contributed by atoms with Crippen molar-refractivity contribution in [3.8, 4) is 0 Å². The highest BCUT2D eigenvalue weighted by atomic mass is 31.2. The third kappa shape index (κ3) is 72.1. The van der Waals surface area contributed by atoms with E-state index in [1.807, 2.05) is 0 Å². The lowest BCUT2D eigenvalue weighted by atomic mass is 10.1. The lowest BCUT2D eigenvalue weighted by molar-refractivity contribution is -0.161.